The fraction of sp³-hybridized carbons (Fsp3) is 0.556. The van der Waals surface area contributed by atoms with Crippen LogP contribution in [0.4, 0.5) is 0 Å². The number of aromatic amines is 2. The molecule has 1 aromatic rings. The van der Waals surface area contributed by atoms with E-state index in [9.17, 15) is 30.0 Å². The maximum absolute atomic E-state index is 11.5. The zero-order valence-electron chi connectivity index (χ0n) is 9.03. The van der Waals surface area contributed by atoms with Crippen molar-refractivity contribution in [1.82, 2.24) is 9.97 Å². The molecule has 0 spiro atoms. The van der Waals surface area contributed by atoms with E-state index in [0.717, 1.165) is 0 Å². The summed E-state index contributed by atoms with van der Waals surface area (Å²) >= 11 is 0. The van der Waals surface area contributed by atoms with Gasteiger partial charge in [0.05, 0.1) is 6.61 Å². The topological polar surface area (TPSA) is 156 Å². The Morgan fingerprint density at radius 3 is 2.39 bits per heavy atom. The van der Waals surface area contributed by atoms with Gasteiger partial charge >= 0.3 is 5.69 Å². The fourth-order valence-corrected chi connectivity index (χ4v) is 1.81. The van der Waals surface area contributed by atoms with Gasteiger partial charge in [0.15, 0.2) is 0 Å². The molecule has 2 rings (SSSR count). The number of nitrogens with one attached hydrogen (secondary N) is 2. The highest BCUT2D eigenvalue weighted by molar-refractivity contribution is 5.25. The summed E-state index contributed by atoms with van der Waals surface area (Å²) in [5.41, 5.74) is -2.26. The molecule has 0 radical (unpaired) electrons. The molecule has 1 fully saturated rings. The molecule has 0 saturated carbocycles. The molecule has 9 nitrogen and oxygen atoms in total. The first kappa shape index (κ1) is 12.8. The summed E-state index contributed by atoms with van der Waals surface area (Å²) in [5.74, 6) is -0.753. The van der Waals surface area contributed by atoms with Crippen molar-refractivity contribution in [1.29, 1.82) is 0 Å². The predicted molar refractivity (Wildman–Crippen MR) is 56.1 cm³/mol. The first-order valence-corrected chi connectivity index (χ1v) is 5.13. The van der Waals surface area contributed by atoms with Gasteiger partial charge in [-0.2, -0.15) is 0 Å². The van der Waals surface area contributed by atoms with Crippen LogP contribution in [0.25, 0.3) is 0 Å². The van der Waals surface area contributed by atoms with E-state index in [1.165, 1.54) is 0 Å². The Labute approximate surface area is 99.3 Å². The molecular formula is C9H12N2O7. The second kappa shape index (κ2) is 4.53. The van der Waals surface area contributed by atoms with E-state index in [2.05, 4.69) is 0 Å². The standard InChI is InChI=1S/C9H12N2O7/c12-2-1-18-6(5(14)4(2)13)3-7(15)10-9(17)11-8(3)16/h2,4-6,12-14H,1H2,(H3,10,11,15,16,17)/t2-,4+,5-,6+/m1/s1. The van der Waals surface area contributed by atoms with Crippen LogP contribution in [0.15, 0.2) is 9.59 Å². The average Bonchev–Trinajstić information content (AvgIpc) is 2.28. The first-order chi connectivity index (χ1) is 8.41. The SMILES string of the molecule is O=c1[nH]c(O)c([C@@H]2OC[C@@H](O)[C@H](O)[C@H]2O)c(=O)[nH]1. The quantitative estimate of drug-likeness (QED) is 0.312. The van der Waals surface area contributed by atoms with Gasteiger partial charge in [0.25, 0.3) is 5.56 Å². The van der Waals surface area contributed by atoms with Crippen molar-refractivity contribution >= 4 is 0 Å². The summed E-state index contributed by atoms with van der Waals surface area (Å²) in [5, 5.41) is 37.9. The van der Waals surface area contributed by atoms with Crippen LogP contribution in [0.2, 0.25) is 0 Å². The lowest BCUT2D eigenvalue weighted by atomic mass is 9.96. The molecule has 0 bridgehead atoms. The highest BCUT2D eigenvalue weighted by Crippen LogP contribution is 2.30. The van der Waals surface area contributed by atoms with Crippen molar-refractivity contribution in [2.75, 3.05) is 6.61 Å². The van der Waals surface area contributed by atoms with Gasteiger partial charge in [-0.25, -0.2) is 4.79 Å². The number of H-pyrrole nitrogens is 2. The van der Waals surface area contributed by atoms with Crippen LogP contribution in [-0.2, 0) is 4.74 Å². The van der Waals surface area contributed by atoms with Crippen LogP contribution in [0, 0.1) is 0 Å². The minimum Gasteiger partial charge on any atom is -0.494 e. The molecule has 9 heteroatoms. The third-order valence-corrected chi connectivity index (χ3v) is 2.74. The van der Waals surface area contributed by atoms with Gasteiger partial charge in [0, 0.05) is 0 Å². The van der Waals surface area contributed by atoms with Crippen LogP contribution in [0.5, 0.6) is 5.88 Å². The van der Waals surface area contributed by atoms with Gasteiger partial charge in [-0.3, -0.25) is 14.8 Å². The van der Waals surface area contributed by atoms with E-state index in [1.807, 2.05) is 9.97 Å². The van der Waals surface area contributed by atoms with Crippen LogP contribution in [0.3, 0.4) is 0 Å². The molecule has 4 atom stereocenters. The Morgan fingerprint density at radius 2 is 1.78 bits per heavy atom. The number of rotatable bonds is 1. The van der Waals surface area contributed by atoms with E-state index in [1.54, 1.807) is 0 Å². The van der Waals surface area contributed by atoms with E-state index >= 15 is 0 Å². The highest BCUT2D eigenvalue weighted by atomic mass is 16.5. The Hall–Kier alpha value is -1.68. The van der Waals surface area contributed by atoms with E-state index in [4.69, 9.17) is 4.74 Å². The molecule has 18 heavy (non-hydrogen) atoms. The fourth-order valence-electron chi connectivity index (χ4n) is 1.81. The Morgan fingerprint density at radius 1 is 1.11 bits per heavy atom. The van der Waals surface area contributed by atoms with Crippen LogP contribution < -0.4 is 11.2 Å². The number of aliphatic hydroxyl groups excluding tert-OH is 3. The zero-order chi connectivity index (χ0) is 13.4. The van der Waals surface area contributed by atoms with Gasteiger partial charge in [-0.1, -0.05) is 0 Å². The molecule has 0 unspecified atom stereocenters. The molecular weight excluding hydrogens is 248 g/mol. The largest absolute Gasteiger partial charge is 0.494 e. The lowest BCUT2D eigenvalue weighted by molar-refractivity contribution is -0.190. The number of hydrogen-bond acceptors (Lipinski definition) is 7. The lowest BCUT2D eigenvalue weighted by Crippen LogP contribution is -2.50. The van der Waals surface area contributed by atoms with Crippen molar-refractivity contribution in [3.8, 4) is 5.88 Å². The average molecular weight is 260 g/mol. The van der Waals surface area contributed by atoms with Crippen LogP contribution >= 0.6 is 0 Å². The van der Waals surface area contributed by atoms with Crippen molar-refractivity contribution in [3.05, 3.63) is 26.4 Å². The predicted octanol–water partition coefficient (Wildman–Crippen LogP) is -3.08. The van der Waals surface area contributed by atoms with E-state index in [-0.39, 0.29) is 6.61 Å². The second-order valence-electron chi connectivity index (χ2n) is 3.97. The first-order valence-electron chi connectivity index (χ1n) is 5.13. The second-order valence-corrected chi connectivity index (χ2v) is 3.97. The van der Waals surface area contributed by atoms with Crippen molar-refractivity contribution < 1.29 is 25.2 Å². The smallest absolute Gasteiger partial charge is 0.328 e. The number of aromatic hydroxyl groups is 1. The van der Waals surface area contributed by atoms with Crippen LogP contribution in [0.1, 0.15) is 11.7 Å². The normalized spacial score (nSPS) is 32.4. The summed E-state index contributed by atoms with van der Waals surface area (Å²) in [6, 6.07) is 0. The summed E-state index contributed by atoms with van der Waals surface area (Å²) in [7, 11) is 0. The lowest BCUT2D eigenvalue weighted by Gasteiger charge is -2.34. The summed E-state index contributed by atoms with van der Waals surface area (Å²) in [4.78, 5) is 26.2. The molecule has 6 N–H and O–H groups in total. The summed E-state index contributed by atoms with van der Waals surface area (Å²) in [6.45, 7) is -0.319. The molecule has 1 aliphatic heterocycles. The monoisotopic (exact) mass is 260 g/mol. The molecule has 0 aliphatic carbocycles. The minimum absolute atomic E-state index is 0.319. The Balaban J connectivity index is 2.44. The highest BCUT2D eigenvalue weighted by Gasteiger charge is 2.40. The number of aliphatic hydroxyl groups is 3. The van der Waals surface area contributed by atoms with Crippen molar-refractivity contribution in [2.24, 2.45) is 0 Å². The van der Waals surface area contributed by atoms with Gasteiger partial charge in [-0.05, 0) is 0 Å². The summed E-state index contributed by atoms with van der Waals surface area (Å²) in [6.07, 6.45) is -5.76. The molecule has 100 valence electrons. The van der Waals surface area contributed by atoms with E-state index < -0.39 is 47.1 Å². The van der Waals surface area contributed by atoms with Crippen molar-refractivity contribution in [3.63, 3.8) is 0 Å². The van der Waals surface area contributed by atoms with Crippen LogP contribution in [-0.4, -0.2) is 55.3 Å². The zero-order valence-corrected chi connectivity index (χ0v) is 9.03. The van der Waals surface area contributed by atoms with Gasteiger partial charge in [-0.15, -0.1) is 0 Å². The maximum Gasteiger partial charge on any atom is 0.328 e. The van der Waals surface area contributed by atoms with Gasteiger partial charge in [0.2, 0.25) is 5.88 Å². The Kier molecular flexibility index (Phi) is 3.22. The van der Waals surface area contributed by atoms with Gasteiger partial charge in [0.1, 0.15) is 30.0 Å². The molecule has 0 aromatic carbocycles. The molecule has 1 aliphatic rings. The molecule has 1 saturated heterocycles. The third-order valence-electron chi connectivity index (χ3n) is 2.74. The third kappa shape index (κ3) is 2.04. The number of hydrogen-bond donors (Lipinski definition) is 6. The minimum atomic E-state index is -1.60. The van der Waals surface area contributed by atoms with Crippen molar-refractivity contribution in [2.45, 2.75) is 24.4 Å². The number of ether oxygens (including phenoxy) is 1. The maximum atomic E-state index is 11.5. The molecule has 2 heterocycles. The Bertz CT molecular complexity index is 551. The van der Waals surface area contributed by atoms with Gasteiger partial charge < -0.3 is 25.2 Å². The number of aromatic nitrogens is 2. The molecule has 0 amide bonds. The molecule has 1 aromatic heterocycles. The van der Waals surface area contributed by atoms with E-state index in [0.29, 0.717) is 0 Å². The summed E-state index contributed by atoms with van der Waals surface area (Å²) < 4.78 is 5.00.